The van der Waals surface area contributed by atoms with Crippen molar-refractivity contribution in [1.82, 2.24) is 10.2 Å². The van der Waals surface area contributed by atoms with Crippen LogP contribution >= 0.6 is 0 Å². The van der Waals surface area contributed by atoms with E-state index in [-0.39, 0.29) is 5.91 Å². The van der Waals surface area contributed by atoms with Crippen molar-refractivity contribution in [1.29, 1.82) is 0 Å². The zero-order valence-electron chi connectivity index (χ0n) is 10.9. The van der Waals surface area contributed by atoms with Crippen LogP contribution in [0.5, 0.6) is 0 Å². The van der Waals surface area contributed by atoms with Gasteiger partial charge in [0.1, 0.15) is 0 Å². The van der Waals surface area contributed by atoms with E-state index in [2.05, 4.69) is 5.32 Å². The summed E-state index contributed by atoms with van der Waals surface area (Å²) in [6.07, 6.45) is 0.426. The van der Waals surface area contributed by atoms with Gasteiger partial charge in [0, 0.05) is 31.4 Å². The molecule has 0 heterocycles. The quantitative estimate of drug-likeness (QED) is 0.535. The minimum absolute atomic E-state index is 0.0637. The van der Waals surface area contributed by atoms with E-state index < -0.39 is 6.09 Å². The van der Waals surface area contributed by atoms with Crippen LogP contribution in [0.4, 0.5) is 10.5 Å². The normalized spacial score (nSPS) is 9.95. The topological polar surface area (TPSA) is 95.7 Å². The van der Waals surface area contributed by atoms with Gasteiger partial charge in [0.15, 0.2) is 0 Å². The first-order chi connectivity index (χ1) is 9.00. The standard InChI is InChI=1S/C13H19N3O3/c1-16(9-3-2-8-15-13(18)19)12(17)10-4-6-11(14)7-5-10/h4-7,15H,2-3,8-9,14H2,1H3,(H,18,19). The lowest BCUT2D eigenvalue weighted by atomic mass is 10.2. The molecule has 0 saturated carbocycles. The van der Waals surface area contributed by atoms with Gasteiger partial charge >= 0.3 is 6.09 Å². The largest absolute Gasteiger partial charge is 0.465 e. The van der Waals surface area contributed by atoms with Crippen molar-refractivity contribution in [2.75, 3.05) is 25.9 Å². The highest BCUT2D eigenvalue weighted by atomic mass is 16.4. The Kier molecular flexibility index (Phi) is 5.66. The van der Waals surface area contributed by atoms with Crippen molar-refractivity contribution in [3.63, 3.8) is 0 Å². The van der Waals surface area contributed by atoms with Gasteiger partial charge in [-0.3, -0.25) is 4.79 Å². The van der Waals surface area contributed by atoms with E-state index in [0.29, 0.717) is 30.8 Å². The Hall–Kier alpha value is -2.24. The number of hydrogen-bond donors (Lipinski definition) is 3. The van der Waals surface area contributed by atoms with Gasteiger partial charge in [0.05, 0.1) is 0 Å². The predicted molar refractivity (Wildman–Crippen MR) is 73.1 cm³/mol. The van der Waals surface area contributed by atoms with E-state index in [1.54, 1.807) is 36.2 Å². The maximum absolute atomic E-state index is 12.0. The number of nitrogen functional groups attached to an aromatic ring is 1. The molecule has 1 rings (SSSR count). The van der Waals surface area contributed by atoms with Crippen molar-refractivity contribution in [3.8, 4) is 0 Å². The van der Waals surface area contributed by atoms with E-state index in [1.165, 1.54) is 0 Å². The number of nitrogens with two attached hydrogens (primary N) is 1. The average Bonchev–Trinajstić information content (AvgIpc) is 2.37. The molecular formula is C13H19N3O3. The summed E-state index contributed by atoms with van der Waals surface area (Å²) in [7, 11) is 1.73. The summed E-state index contributed by atoms with van der Waals surface area (Å²) in [5.74, 6) is -0.0637. The lowest BCUT2D eigenvalue weighted by Gasteiger charge is -2.17. The lowest BCUT2D eigenvalue weighted by molar-refractivity contribution is 0.0792. The predicted octanol–water partition coefficient (Wildman–Crippen LogP) is 1.39. The van der Waals surface area contributed by atoms with E-state index in [9.17, 15) is 9.59 Å². The highest BCUT2D eigenvalue weighted by molar-refractivity contribution is 5.94. The number of carbonyl (C=O) groups excluding carboxylic acids is 1. The van der Waals surface area contributed by atoms with Crippen LogP contribution in [0.3, 0.4) is 0 Å². The maximum Gasteiger partial charge on any atom is 0.404 e. The van der Waals surface area contributed by atoms with E-state index >= 15 is 0 Å². The minimum Gasteiger partial charge on any atom is -0.465 e. The van der Waals surface area contributed by atoms with Crippen molar-refractivity contribution >= 4 is 17.7 Å². The summed E-state index contributed by atoms with van der Waals surface area (Å²) in [5, 5.41) is 10.7. The van der Waals surface area contributed by atoms with Crippen molar-refractivity contribution in [3.05, 3.63) is 29.8 Å². The van der Waals surface area contributed by atoms with E-state index in [0.717, 1.165) is 6.42 Å². The Balaban J connectivity index is 2.32. The van der Waals surface area contributed by atoms with Crippen LogP contribution in [0.25, 0.3) is 0 Å². The molecule has 0 aliphatic carbocycles. The van der Waals surface area contributed by atoms with Gasteiger partial charge in [0.2, 0.25) is 0 Å². The Bertz CT molecular complexity index is 431. The number of nitrogens with zero attached hydrogens (tertiary/aromatic N) is 1. The second-order valence-corrected chi connectivity index (χ2v) is 4.29. The minimum atomic E-state index is -1.02. The molecule has 0 saturated heterocycles. The summed E-state index contributed by atoms with van der Waals surface area (Å²) < 4.78 is 0. The summed E-state index contributed by atoms with van der Waals surface area (Å²) in [6, 6.07) is 6.77. The first kappa shape index (κ1) is 14.8. The second kappa shape index (κ2) is 7.25. The maximum atomic E-state index is 12.0. The number of rotatable bonds is 6. The fourth-order valence-corrected chi connectivity index (χ4v) is 1.62. The van der Waals surface area contributed by atoms with Gasteiger partial charge in [0.25, 0.3) is 5.91 Å². The van der Waals surface area contributed by atoms with Gasteiger partial charge in [-0.25, -0.2) is 4.79 Å². The Morgan fingerprint density at radius 3 is 2.47 bits per heavy atom. The van der Waals surface area contributed by atoms with Gasteiger partial charge in [-0.05, 0) is 37.1 Å². The number of nitrogens with one attached hydrogen (secondary N) is 1. The summed E-state index contributed by atoms with van der Waals surface area (Å²) in [4.78, 5) is 23.9. The fourth-order valence-electron chi connectivity index (χ4n) is 1.62. The molecule has 0 unspecified atom stereocenters. The number of carbonyl (C=O) groups is 2. The highest BCUT2D eigenvalue weighted by Crippen LogP contribution is 2.08. The van der Waals surface area contributed by atoms with Crippen molar-refractivity contribution < 1.29 is 14.7 Å². The molecule has 0 aliphatic heterocycles. The molecule has 1 aromatic rings. The average molecular weight is 265 g/mol. The monoisotopic (exact) mass is 265 g/mol. The molecule has 19 heavy (non-hydrogen) atoms. The molecule has 0 fully saturated rings. The third-order valence-corrected chi connectivity index (χ3v) is 2.70. The SMILES string of the molecule is CN(CCCCNC(=O)O)C(=O)c1ccc(N)cc1. The molecule has 4 N–H and O–H groups in total. The van der Waals surface area contributed by atoms with Gasteiger partial charge in [-0.1, -0.05) is 0 Å². The van der Waals surface area contributed by atoms with Crippen LogP contribution in [-0.4, -0.2) is 42.1 Å². The van der Waals surface area contributed by atoms with Gasteiger partial charge < -0.3 is 21.1 Å². The number of hydrogen-bond acceptors (Lipinski definition) is 3. The molecule has 0 atom stereocenters. The first-order valence-electron chi connectivity index (χ1n) is 6.08. The van der Waals surface area contributed by atoms with Crippen LogP contribution in [0.1, 0.15) is 23.2 Å². The van der Waals surface area contributed by atoms with Crippen LogP contribution in [0, 0.1) is 0 Å². The van der Waals surface area contributed by atoms with Crippen LogP contribution in [0.2, 0.25) is 0 Å². The van der Waals surface area contributed by atoms with E-state index in [4.69, 9.17) is 10.8 Å². The van der Waals surface area contributed by atoms with Crippen molar-refractivity contribution in [2.45, 2.75) is 12.8 Å². The van der Waals surface area contributed by atoms with Crippen molar-refractivity contribution in [2.24, 2.45) is 0 Å². The Labute approximate surface area is 112 Å². The van der Waals surface area contributed by atoms with Crippen LogP contribution < -0.4 is 11.1 Å². The Morgan fingerprint density at radius 2 is 1.89 bits per heavy atom. The van der Waals surface area contributed by atoms with Crippen LogP contribution in [0.15, 0.2) is 24.3 Å². The number of amides is 2. The lowest BCUT2D eigenvalue weighted by Crippen LogP contribution is -2.28. The zero-order chi connectivity index (χ0) is 14.3. The number of unbranched alkanes of at least 4 members (excludes halogenated alkanes) is 1. The Morgan fingerprint density at radius 1 is 1.26 bits per heavy atom. The number of benzene rings is 1. The smallest absolute Gasteiger partial charge is 0.404 e. The molecule has 104 valence electrons. The third kappa shape index (κ3) is 5.29. The molecule has 6 nitrogen and oxygen atoms in total. The molecule has 0 aromatic heterocycles. The summed E-state index contributed by atoms with van der Waals surface area (Å²) >= 11 is 0. The summed E-state index contributed by atoms with van der Waals surface area (Å²) in [5.41, 5.74) is 6.78. The van der Waals surface area contributed by atoms with Gasteiger partial charge in [-0.2, -0.15) is 0 Å². The molecular weight excluding hydrogens is 246 g/mol. The molecule has 0 aliphatic rings. The fraction of sp³-hybridized carbons (Fsp3) is 0.385. The molecule has 0 radical (unpaired) electrons. The second-order valence-electron chi connectivity index (χ2n) is 4.29. The zero-order valence-corrected chi connectivity index (χ0v) is 10.9. The van der Waals surface area contributed by atoms with Crippen LogP contribution in [-0.2, 0) is 0 Å². The molecule has 6 heteroatoms. The van der Waals surface area contributed by atoms with E-state index in [1.807, 2.05) is 0 Å². The highest BCUT2D eigenvalue weighted by Gasteiger charge is 2.10. The first-order valence-corrected chi connectivity index (χ1v) is 6.08. The van der Waals surface area contributed by atoms with Gasteiger partial charge in [-0.15, -0.1) is 0 Å². The number of carboxylic acid groups (broad SMARTS) is 1. The molecule has 2 amide bonds. The summed E-state index contributed by atoms with van der Waals surface area (Å²) in [6.45, 7) is 0.990. The molecule has 0 bridgehead atoms. The number of anilines is 1. The molecule has 1 aromatic carbocycles. The molecule has 0 spiro atoms. The third-order valence-electron chi connectivity index (χ3n) is 2.70.